The van der Waals surface area contributed by atoms with E-state index in [9.17, 15) is 4.79 Å². The minimum Gasteiger partial charge on any atom is -0.484 e. The topological polar surface area (TPSA) is 77.2 Å². The monoisotopic (exact) mass is 357 g/mol. The summed E-state index contributed by atoms with van der Waals surface area (Å²) in [4.78, 5) is 17.5. The van der Waals surface area contributed by atoms with Crippen molar-refractivity contribution >= 4 is 17.2 Å². The van der Waals surface area contributed by atoms with Crippen molar-refractivity contribution in [2.45, 2.75) is 26.9 Å². The number of hydrogen-bond donors (Lipinski definition) is 1. The van der Waals surface area contributed by atoms with E-state index in [0.29, 0.717) is 18.1 Å². The van der Waals surface area contributed by atoms with Gasteiger partial charge in [-0.15, -0.1) is 11.3 Å². The van der Waals surface area contributed by atoms with Crippen LogP contribution in [0.5, 0.6) is 5.75 Å². The van der Waals surface area contributed by atoms with Crippen LogP contribution in [0.25, 0.3) is 0 Å². The summed E-state index contributed by atoms with van der Waals surface area (Å²) in [5.74, 6) is 0.875. The molecule has 25 heavy (non-hydrogen) atoms. The molecule has 7 heteroatoms. The van der Waals surface area contributed by atoms with E-state index in [4.69, 9.17) is 9.26 Å². The summed E-state index contributed by atoms with van der Waals surface area (Å²) in [5.41, 5.74) is 2.43. The maximum absolute atomic E-state index is 12.1. The summed E-state index contributed by atoms with van der Waals surface area (Å²) >= 11 is 1.70. The Balaban J connectivity index is 1.47. The molecular formula is C18H19N3O3S. The number of nitrogens with one attached hydrogen (secondary N) is 1. The van der Waals surface area contributed by atoms with E-state index in [1.165, 1.54) is 10.4 Å². The molecule has 3 aromatic heterocycles. The lowest BCUT2D eigenvalue weighted by molar-refractivity contribution is 0.0945. The summed E-state index contributed by atoms with van der Waals surface area (Å²) in [6.07, 6.45) is 2.45. The van der Waals surface area contributed by atoms with Crippen LogP contribution in [0.3, 0.4) is 0 Å². The first-order valence-corrected chi connectivity index (χ1v) is 8.82. The summed E-state index contributed by atoms with van der Waals surface area (Å²) in [5, 5.41) is 8.70. The first-order valence-electron chi connectivity index (χ1n) is 7.94. The first-order chi connectivity index (χ1) is 12.1. The molecule has 0 saturated heterocycles. The van der Waals surface area contributed by atoms with Gasteiger partial charge in [-0.3, -0.25) is 9.78 Å². The smallest absolute Gasteiger partial charge is 0.273 e. The number of carbonyl (C=O) groups is 1. The average Bonchev–Trinajstić information content (AvgIpc) is 3.24. The lowest BCUT2D eigenvalue weighted by Crippen LogP contribution is -2.25. The van der Waals surface area contributed by atoms with E-state index in [2.05, 4.69) is 33.8 Å². The molecule has 3 heterocycles. The molecule has 6 nitrogen and oxygen atoms in total. The zero-order chi connectivity index (χ0) is 17.6. The minimum atomic E-state index is -0.249. The number of nitrogens with zero attached hydrogens (tertiary/aromatic N) is 2. The highest BCUT2D eigenvalue weighted by molar-refractivity contribution is 7.10. The number of carbonyl (C=O) groups excluding carboxylic acids is 1. The van der Waals surface area contributed by atoms with Crippen molar-refractivity contribution in [2.24, 2.45) is 0 Å². The lowest BCUT2D eigenvalue weighted by Gasteiger charge is -2.03. The third kappa shape index (κ3) is 4.67. The van der Waals surface area contributed by atoms with Gasteiger partial charge in [-0.1, -0.05) is 5.16 Å². The normalized spacial score (nSPS) is 10.6. The summed E-state index contributed by atoms with van der Waals surface area (Å²) in [7, 11) is 0. The van der Waals surface area contributed by atoms with Crippen molar-refractivity contribution in [3.8, 4) is 5.75 Å². The zero-order valence-corrected chi connectivity index (χ0v) is 14.9. The second kappa shape index (κ2) is 7.94. The van der Waals surface area contributed by atoms with E-state index in [0.717, 1.165) is 12.1 Å². The fourth-order valence-electron chi connectivity index (χ4n) is 2.22. The van der Waals surface area contributed by atoms with Crippen LogP contribution in [-0.2, 0) is 13.0 Å². The molecule has 1 N–H and O–H groups in total. The van der Waals surface area contributed by atoms with Gasteiger partial charge in [-0.25, -0.2) is 0 Å². The standard InChI is InChI=1S/C18H19N3O3S/c1-12-6-8-25-17(12)5-7-19-18(22)16-9-15(24-21-16)11-23-14-4-3-13(2)20-10-14/h3-4,6,8-10H,5,7,11H2,1-2H3,(H,19,22). The number of aromatic nitrogens is 2. The third-order valence-electron chi connectivity index (χ3n) is 3.66. The Hall–Kier alpha value is -2.67. The molecule has 0 unspecified atom stereocenters. The summed E-state index contributed by atoms with van der Waals surface area (Å²) < 4.78 is 10.7. The fourth-order valence-corrected chi connectivity index (χ4v) is 3.13. The molecule has 0 saturated carbocycles. The number of hydrogen-bond acceptors (Lipinski definition) is 6. The van der Waals surface area contributed by atoms with E-state index >= 15 is 0 Å². The number of ether oxygens (including phenoxy) is 1. The Kier molecular flexibility index (Phi) is 5.45. The highest BCUT2D eigenvalue weighted by Gasteiger charge is 2.13. The number of pyridine rings is 1. The lowest BCUT2D eigenvalue weighted by atomic mass is 10.2. The van der Waals surface area contributed by atoms with Gasteiger partial charge < -0.3 is 14.6 Å². The van der Waals surface area contributed by atoms with Crippen molar-refractivity contribution in [1.29, 1.82) is 0 Å². The second-order valence-electron chi connectivity index (χ2n) is 5.64. The third-order valence-corrected chi connectivity index (χ3v) is 4.75. The quantitative estimate of drug-likeness (QED) is 0.702. The molecule has 3 aromatic rings. The summed E-state index contributed by atoms with van der Waals surface area (Å²) in [6.45, 7) is 4.74. The average molecular weight is 357 g/mol. The molecule has 0 aliphatic heterocycles. The zero-order valence-electron chi connectivity index (χ0n) is 14.1. The van der Waals surface area contributed by atoms with E-state index < -0.39 is 0 Å². The Morgan fingerprint density at radius 1 is 1.32 bits per heavy atom. The maximum Gasteiger partial charge on any atom is 0.273 e. The van der Waals surface area contributed by atoms with Gasteiger partial charge in [0.1, 0.15) is 12.4 Å². The number of thiophene rings is 1. The van der Waals surface area contributed by atoms with Crippen LogP contribution < -0.4 is 10.1 Å². The Morgan fingerprint density at radius 3 is 2.92 bits per heavy atom. The molecule has 0 atom stereocenters. The first kappa shape index (κ1) is 17.2. The molecule has 0 fully saturated rings. The molecule has 0 bridgehead atoms. The van der Waals surface area contributed by atoms with Gasteiger partial charge in [0.05, 0.1) is 6.20 Å². The summed E-state index contributed by atoms with van der Waals surface area (Å²) in [6, 6.07) is 7.37. The Bertz CT molecular complexity index is 839. The molecule has 1 amide bonds. The fraction of sp³-hybridized carbons (Fsp3) is 0.278. The van der Waals surface area contributed by atoms with Crippen LogP contribution in [0, 0.1) is 13.8 Å². The van der Waals surface area contributed by atoms with Gasteiger partial charge in [0.2, 0.25) is 0 Å². The minimum absolute atomic E-state index is 0.194. The van der Waals surface area contributed by atoms with Crippen molar-refractivity contribution in [2.75, 3.05) is 6.54 Å². The predicted octanol–water partition coefficient (Wildman–Crippen LogP) is 3.30. The van der Waals surface area contributed by atoms with Gasteiger partial charge in [0.15, 0.2) is 11.5 Å². The highest BCUT2D eigenvalue weighted by atomic mass is 32.1. The van der Waals surface area contributed by atoms with Crippen LogP contribution >= 0.6 is 11.3 Å². The van der Waals surface area contributed by atoms with Crippen molar-refractivity contribution in [1.82, 2.24) is 15.5 Å². The Morgan fingerprint density at radius 2 is 2.20 bits per heavy atom. The van der Waals surface area contributed by atoms with Crippen LogP contribution in [-0.4, -0.2) is 22.6 Å². The van der Waals surface area contributed by atoms with Crippen LogP contribution in [0.15, 0.2) is 40.4 Å². The SMILES string of the molecule is Cc1ccc(OCc2cc(C(=O)NCCc3sccc3C)no2)cn1. The molecule has 0 aromatic carbocycles. The molecule has 130 valence electrons. The Labute approximate surface area is 149 Å². The van der Waals surface area contributed by atoms with Crippen molar-refractivity contribution in [3.05, 3.63) is 63.4 Å². The second-order valence-corrected chi connectivity index (χ2v) is 6.64. The van der Waals surface area contributed by atoms with Gasteiger partial charge in [-0.2, -0.15) is 0 Å². The van der Waals surface area contributed by atoms with Gasteiger partial charge >= 0.3 is 0 Å². The van der Waals surface area contributed by atoms with Crippen LogP contribution in [0.4, 0.5) is 0 Å². The molecular weight excluding hydrogens is 338 g/mol. The predicted molar refractivity (Wildman–Crippen MR) is 94.9 cm³/mol. The van der Waals surface area contributed by atoms with E-state index in [1.54, 1.807) is 23.6 Å². The van der Waals surface area contributed by atoms with Crippen molar-refractivity contribution in [3.63, 3.8) is 0 Å². The van der Waals surface area contributed by atoms with Crippen molar-refractivity contribution < 1.29 is 14.1 Å². The van der Waals surface area contributed by atoms with Gasteiger partial charge in [0.25, 0.3) is 5.91 Å². The molecule has 0 aliphatic rings. The van der Waals surface area contributed by atoms with Gasteiger partial charge in [0, 0.05) is 23.2 Å². The van der Waals surface area contributed by atoms with Crippen LogP contribution in [0.2, 0.25) is 0 Å². The van der Waals surface area contributed by atoms with Crippen LogP contribution in [0.1, 0.15) is 32.4 Å². The highest BCUT2D eigenvalue weighted by Crippen LogP contribution is 2.16. The van der Waals surface area contributed by atoms with E-state index in [1.807, 2.05) is 19.1 Å². The molecule has 0 aliphatic carbocycles. The van der Waals surface area contributed by atoms with E-state index in [-0.39, 0.29) is 18.2 Å². The molecule has 0 spiro atoms. The number of amides is 1. The number of aryl methyl sites for hydroxylation is 2. The molecule has 0 radical (unpaired) electrons. The maximum atomic E-state index is 12.1. The largest absolute Gasteiger partial charge is 0.484 e. The number of rotatable bonds is 7. The van der Waals surface area contributed by atoms with Gasteiger partial charge in [-0.05, 0) is 49.4 Å². The molecule has 3 rings (SSSR count).